The van der Waals surface area contributed by atoms with Gasteiger partial charge in [0.1, 0.15) is 23.8 Å². The maximum Gasteiger partial charge on any atom is 0.148 e. The highest BCUT2D eigenvalue weighted by molar-refractivity contribution is 5.65. The Kier molecular flexibility index (Phi) is 4.47. The molecular formula is C14H18FN5. The van der Waals surface area contributed by atoms with E-state index in [1.807, 2.05) is 19.9 Å². The Bertz CT molecular complexity index is 600. The van der Waals surface area contributed by atoms with Gasteiger partial charge >= 0.3 is 0 Å². The van der Waals surface area contributed by atoms with Crippen molar-refractivity contribution >= 4 is 17.3 Å². The molecule has 2 aromatic rings. The van der Waals surface area contributed by atoms with Gasteiger partial charge in [0, 0.05) is 5.56 Å². The van der Waals surface area contributed by atoms with Crippen LogP contribution < -0.4 is 16.6 Å². The zero-order valence-corrected chi connectivity index (χ0v) is 11.6. The van der Waals surface area contributed by atoms with Gasteiger partial charge in [-0.15, -0.1) is 0 Å². The summed E-state index contributed by atoms with van der Waals surface area (Å²) in [4.78, 5) is 8.25. The molecule has 0 saturated carbocycles. The Labute approximate surface area is 117 Å². The minimum atomic E-state index is -0.312. The van der Waals surface area contributed by atoms with Crippen molar-refractivity contribution in [1.29, 1.82) is 0 Å². The van der Waals surface area contributed by atoms with Crippen molar-refractivity contribution in [3.8, 4) is 0 Å². The number of halogens is 1. The second kappa shape index (κ2) is 6.29. The number of aromatic nitrogens is 2. The summed E-state index contributed by atoms with van der Waals surface area (Å²) in [6.07, 6.45) is 3.05. The number of nitrogen functional groups attached to an aromatic ring is 1. The SMILES string of the molecule is CCCc1c(NN)ncnc1Nc1ccc(C)cc1F. The average molecular weight is 275 g/mol. The molecule has 106 valence electrons. The highest BCUT2D eigenvalue weighted by Gasteiger charge is 2.12. The Morgan fingerprint density at radius 2 is 2.00 bits per heavy atom. The van der Waals surface area contributed by atoms with Crippen molar-refractivity contribution in [3.63, 3.8) is 0 Å². The summed E-state index contributed by atoms with van der Waals surface area (Å²) in [5.41, 5.74) is 4.64. The largest absolute Gasteiger partial charge is 0.337 e. The summed E-state index contributed by atoms with van der Waals surface area (Å²) in [7, 11) is 0. The molecule has 1 heterocycles. The molecule has 0 aliphatic rings. The number of benzene rings is 1. The fourth-order valence-corrected chi connectivity index (χ4v) is 1.98. The number of nitrogens with two attached hydrogens (primary N) is 1. The molecule has 6 heteroatoms. The lowest BCUT2D eigenvalue weighted by molar-refractivity contribution is 0.630. The third kappa shape index (κ3) is 3.03. The molecule has 5 nitrogen and oxygen atoms in total. The third-order valence-corrected chi connectivity index (χ3v) is 2.96. The standard InChI is InChI=1S/C14H18FN5/c1-3-4-10-13(17-8-18-14(10)20-16)19-12-6-5-9(2)7-11(12)15/h5-8H,3-4,16H2,1-2H3,(H2,17,18,19,20). The van der Waals surface area contributed by atoms with Gasteiger partial charge in [0.25, 0.3) is 0 Å². The highest BCUT2D eigenvalue weighted by Crippen LogP contribution is 2.26. The molecule has 0 unspecified atom stereocenters. The summed E-state index contributed by atoms with van der Waals surface area (Å²) in [5, 5.41) is 3.01. The van der Waals surface area contributed by atoms with Crippen LogP contribution in [0.5, 0.6) is 0 Å². The van der Waals surface area contributed by atoms with Crippen molar-refractivity contribution < 1.29 is 4.39 Å². The first-order chi connectivity index (χ1) is 9.65. The highest BCUT2D eigenvalue weighted by atomic mass is 19.1. The molecule has 4 N–H and O–H groups in total. The molecule has 0 aliphatic carbocycles. The number of nitrogens with one attached hydrogen (secondary N) is 2. The maximum atomic E-state index is 13.9. The quantitative estimate of drug-likeness (QED) is 0.578. The van der Waals surface area contributed by atoms with E-state index in [2.05, 4.69) is 20.7 Å². The van der Waals surface area contributed by atoms with Crippen LogP contribution in [0, 0.1) is 12.7 Å². The lowest BCUT2D eigenvalue weighted by Gasteiger charge is -2.14. The van der Waals surface area contributed by atoms with Crippen LogP contribution in [0.25, 0.3) is 0 Å². The predicted molar refractivity (Wildman–Crippen MR) is 78.3 cm³/mol. The lowest BCUT2D eigenvalue weighted by Crippen LogP contribution is -2.13. The first-order valence-electron chi connectivity index (χ1n) is 6.49. The molecule has 0 amide bonds. The van der Waals surface area contributed by atoms with Crippen LogP contribution in [0.2, 0.25) is 0 Å². The second-order valence-electron chi connectivity index (χ2n) is 4.55. The second-order valence-corrected chi connectivity index (χ2v) is 4.55. The summed E-state index contributed by atoms with van der Waals surface area (Å²) < 4.78 is 13.9. The first-order valence-corrected chi connectivity index (χ1v) is 6.49. The van der Waals surface area contributed by atoms with Gasteiger partial charge in [0.15, 0.2) is 0 Å². The van der Waals surface area contributed by atoms with Crippen LogP contribution in [0.3, 0.4) is 0 Å². The maximum absolute atomic E-state index is 13.9. The average Bonchev–Trinajstić information content (AvgIpc) is 2.43. The van der Waals surface area contributed by atoms with Gasteiger partial charge in [-0.05, 0) is 31.0 Å². The van der Waals surface area contributed by atoms with Crippen LogP contribution in [-0.4, -0.2) is 9.97 Å². The Morgan fingerprint density at radius 3 is 2.65 bits per heavy atom. The third-order valence-electron chi connectivity index (χ3n) is 2.96. The fourth-order valence-electron chi connectivity index (χ4n) is 1.98. The zero-order chi connectivity index (χ0) is 14.5. The molecule has 1 aromatic heterocycles. The number of hydrogen-bond acceptors (Lipinski definition) is 5. The molecule has 0 fully saturated rings. The molecule has 0 bridgehead atoms. The minimum absolute atomic E-state index is 0.312. The van der Waals surface area contributed by atoms with Gasteiger partial charge < -0.3 is 10.7 Å². The lowest BCUT2D eigenvalue weighted by atomic mass is 10.1. The summed E-state index contributed by atoms with van der Waals surface area (Å²) in [6.45, 7) is 3.89. The van der Waals surface area contributed by atoms with Crippen LogP contribution in [0.15, 0.2) is 24.5 Å². The molecule has 0 saturated heterocycles. The van der Waals surface area contributed by atoms with E-state index >= 15 is 0 Å². The van der Waals surface area contributed by atoms with Crippen molar-refractivity contribution in [1.82, 2.24) is 9.97 Å². The molecule has 1 aromatic carbocycles. The molecule has 20 heavy (non-hydrogen) atoms. The van der Waals surface area contributed by atoms with Gasteiger partial charge in [0.05, 0.1) is 5.69 Å². The van der Waals surface area contributed by atoms with Crippen LogP contribution in [0.4, 0.5) is 21.7 Å². The molecule has 0 spiro atoms. The van der Waals surface area contributed by atoms with E-state index in [0.717, 1.165) is 24.0 Å². The molecule has 0 atom stereocenters. The van der Waals surface area contributed by atoms with E-state index in [1.165, 1.54) is 12.4 Å². The number of nitrogens with zero attached hydrogens (tertiary/aromatic N) is 2. The van der Waals surface area contributed by atoms with E-state index in [1.54, 1.807) is 6.07 Å². The van der Waals surface area contributed by atoms with E-state index in [0.29, 0.717) is 17.3 Å². The van der Waals surface area contributed by atoms with Crippen molar-refractivity contribution in [2.75, 3.05) is 10.7 Å². The number of anilines is 3. The van der Waals surface area contributed by atoms with E-state index < -0.39 is 0 Å². The predicted octanol–water partition coefficient (Wildman–Crippen LogP) is 2.91. The number of rotatable bonds is 5. The fraction of sp³-hybridized carbons (Fsp3) is 0.286. The van der Waals surface area contributed by atoms with Crippen LogP contribution in [-0.2, 0) is 6.42 Å². The zero-order valence-electron chi connectivity index (χ0n) is 11.6. The first kappa shape index (κ1) is 14.2. The van der Waals surface area contributed by atoms with E-state index in [-0.39, 0.29) is 5.82 Å². The smallest absolute Gasteiger partial charge is 0.148 e. The van der Waals surface area contributed by atoms with E-state index in [9.17, 15) is 4.39 Å². The molecule has 0 radical (unpaired) electrons. The Balaban J connectivity index is 2.37. The number of hydrogen-bond donors (Lipinski definition) is 3. The van der Waals surface area contributed by atoms with Gasteiger partial charge in [-0.2, -0.15) is 0 Å². The summed E-state index contributed by atoms with van der Waals surface area (Å²) in [6, 6.07) is 5.01. The monoisotopic (exact) mass is 275 g/mol. The summed E-state index contributed by atoms with van der Waals surface area (Å²) in [5.74, 6) is 6.26. The topological polar surface area (TPSA) is 75.9 Å². The Hall–Kier alpha value is -2.21. The van der Waals surface area contributed by atoms with E-state index in [4.69, 9.17) is 5.84 Å². The minimum Gasteiger partial charge on any atom is -0.337 e. The number of aryl methyl sites for hydroxylation is 1. The van der Waals surface area contributed by atoms with Crippen LogP contribution in [0.1, 0.15) is 24.5 Å². The van der Waals surface area contributed by atoms with Crippen LogP contribution >= 0.6 is 0 Å². The van der Waals surface area contributed by atoms with Gasteiger partial charge in [0.2, 0.25) is 0 Å². The number of hydrazine groups is 1. The molecular weight excluding hydrogens is 257 g/mol. The summed E-state index contributed by atoms with van der Waals surface area (Å²) >= 11 is 0. The normalized spacial score (nSPS) is 10.4. The molecule has 2 rings (SSSR count). The molecule has 0 aliphatic heterocycles. The van der Waals surface area contributed by atoms with Gasteiger partial charge in [-0.3, -0.25) is 0 Å². The Morgan fingerprint density at radius 1 is 1.25 bits per heavy atom. The van der Waals surface area contributed by atoms with Crippen molar-refractivity contribution in [2.24, 2.45) is 5.84 Å². The van der Waals surface area contributed by atoms with Crippen molar-refractivity contribution in [3.05, 3.63) is 41.5 Å². The van der Waals surface area contributed by atoms with Gasteiger partial charge in [-0.25, -0.2) is 20.2 Å². The van der Waals surface area contributed by atoms with Crippen molar-refractivity contribution in [2.45, 2.75) is 26.7 Å². The van der Waals surface area contributed by atoms with Gasteiger partial charge in [-0.1, -0.05) is 19.4 Å².